The van der Waals surface area contributed by atoms with Crippen molar-refractivity contribution in [3.8, 4) is 0 Å². The van der Waals surface area contributed by atoms with Crippen LogP contribution in [-0.2, 0) is 47.7 Å². The number of hydrogen-bond acceptors (Lipinski definition) is 10. The number of fused-ring (bicyclic) bond motifs is 1. The number of hydrogen-bond donors (Lipinski definition) is 0. The fourth-order valence-electron chi connectivity index (χ4n) is 7.39. The van der Waals surface area contributed by atoms with E-state index in [2.05, 4.69) is 0 Å². The van der Waals surface area contributed by atoms with Gasteiger partial charge in [0.25, 0.3) is 0 Å². The highest BCUT2D eigenvalue weighted by Gasteiger charge is 2.84. The summed E-state index contributed by atoms with van der Waals surface area (Å²) >= 11 is 0. The van der Waals surface area contributed by atoms with E-state index in [0.29, 0.717) is 12.0 Å². The van der Waals surface area contributed by atoms with Crippen molar-refractivity contribution < 1.29 is 47.7 Å². The number of ether oxygens (including phenoxy) is 5. The minimum Gasteiger partial charge on any atom is -0.461 e. The summed E-state index contributed by atoms with van der Waals surface area (Å²) in [7, 11) is 0. The van der Waals surface area contributed by atoms with Crippen LogP contribution >= 0.6 is 0 Å². The predicted molar refractivity (Wildman–Crippen MR) is 131 cm³/mol. The maximum absolute atomic E-state index is 14.2. The van der Waals surface area contributed by atoms with E-state index in [0.717, 1.165) is 0 Å². The first kappa shape index (κ1) is 28.3. The molecule has 1 heterocycles. The van der Waals surface area contributed by atoms with Crippen LogP contribution in [0.4, 0.5) is 0 Å². The van der Waals surface area contributed by atoms with Crippen molar-refractivity contribution in [1.29, 1.82) is 0 Å². The molecule has 0 spiro atoms. The van der Waals surface area contributed by atoms with E-state index in [9.17, 15) is 24.0 Å². The number of carbonyl (C=O) groups excluding carboxylic acids is 5. The lowest BCUT2D eigenvalue weighted by Crippen LogP contribution is -2.43. The topological polar surface area (TPSA) is 135 Å². The Morgan fingerprint density at radius 3 is 1.87 bits per heavy atom. The minimum absolute atomic E-state index is 0.218. The Kier molecular flexibility index (Phi) is 6.82. The number of epoxide rings is 1. The van der Waals surface area contributed by atoms with Crippen molar-refractivity contribution >= 4 is 29.7 Å². The van der Waals surface area contributed by atoms with Gasteiger partial charge in [-0.25, -0.2) is 0 Å². The molecule has 0 aromatic heterocycles. The molecule has 10 atom stereocenters. The van der Waals surface area contributed by atoms with E-state index >= 15 is 0 Å². The molecule has 0 N–H and O–H groups in total. The highest BCUT2D eigenvalue weighted by Crippen LogP contribution is 2.68. The Morgan fingerprint density at radius 1 is 0.842 bits per heavy atom. The molecule has 3 fully saturated rings. The Labute approximate surface area is 222 Å². The lowest BCUT2D eigenvalue weighted by molar-refractivity contribution is -0.166. The van der Waals surface area contributed by atoms with Crippen LogP contribution in [0.1, 0.15) is 68.7 Å². The zero-order valence-electron chi connectivity index (χ0n) is 23.5. The van der Waals surface area contributed by atoms with Crippen LogP contribution in [0.15, 0.2) is 11.6 Å². The second-order valence-corrected chi connectivity index (χ2v) is 12.0. The number of rotatable bonds is 4. The van der Waals surface area contributed by atoms with Crippen molar-refractivity contribution in [2.75, 3.05) is 0 Å². The van der Waals surface area contributed by atoms with Gasteiger partial charge >= 0.3 is 23.9 Å². The largest absolute Gasteiger partial charge is 0.461 e. The van der Waals surface area contributed by atoms with Crippen molar-refractivity contribution in [3.05, 3.63) is 11.6 Å². The van der Waals surface area contributed by atoms with Crippen molar-refractivity contribution in [1.82, 2.24) is 0 Å². The first-order valence-electron chi connectivity index (χ1n) is 13.1. The first-order valence-corrected chi connectivity index (χ1v) is 13.1. The van der Waals surface area contributed by atoms with Gasteiger partial charge in [0.15, 0.2) is 23.1 Å². The molecule has 4 rings (SSSR count). The lowest BCUT2D eigenvalue weighted by atomic mass is 9.80. The zero-order valence-corrected chi connectivity index (χ0v) is 23.5. The third kappa shape index (κ3) is 4.25. The van der Waals surface area contributed by atoms with Gasteiger partial charge in [0.05, 0.1) is 5.92 Å². The maximum atomic E-state index is 14.2. The number of carbonyl (C=O) groups is 5. The maximum Gasteiger partial charge on any atom is 0.303 e. The molecule has 38 heavy (non-hydrogen) atoms. The summed E-state index contributed by atoms with van der Waals surface area (Å²) < 4.78 is 29.3. The SMILES string of the molecule is CC(=O)OC1C(C)=CC23OC2(CC(C)C3OC(C)=O)C(=O)C(C)C(OC(C)=O)C2C(C1OC(C)=O)C2(C)C. The molecule has 1 aliphatic heterocycles. The molecule has 10 unspecified atom stereocenters. The molecular weight excluding hydrogens is 496 g/mol. The highest BCUT2D eigenvalue weighted by atomic mass is 16.7. The van der Waals surface area contributed by atoms with Crippen LogP contribution in [0.5, 0.6) is 0 Å². The third-order valence-corrected chi connectivity index (χ3v) is 8.87. The first-order chi connectivity index (χ1) is 17.5. The summed E-state index contributed by atoms with van der Waals surface area (Å²) in [6.07, 6.45) is -1.52. The Morgan fingerprint density at radius 2 is 1.34 bits per heavy atom. The molecular formula is C28H38O10. The molecule has 210 valence electrons. The molecule has 0 aromatic carbocycles. The van der Waals surface area contributed by atoms with Gasteiger partial charge in [-0.3, -0.25) is 24.0 Å². The van der Waals surface area contributed by atoms with Gasteiger partial charge in [0.1, 0.15) is 18.3 Å². The van der Waals surface area contributed by atoms with Crippen LogP contribution in [0.2, 0.25) is 0 Å². The van der Waals surface area contributed by atoms with Crippen LogP contribution in [0.3, 0.4) is 0 Å². The Balaban J connectivity index is 1.94. The van der Waals surface area contributed by atoms with Gasteiger partial charge in [-0.05, 0) is 36.3 Å². The molecule has 0 radical (unpaired) electrons. The normalized spacial score (nSPS) is 42.7. The van der Waals surface area contributed by atoms with E-state index in [-0.39, 0.29) is 23.5 Å². The summed E-state index contributed by atoms with van der Waals surface area (Å²) in [5, 5.41) is 0. The zero-order chi connectivity index (χ0) is 28.5. The van der Waals surface area contributed by atoms with Crippen LogP contribution in [-0.4, -0.2) is 65.3 Å². The highest BCUT2D eigenvalue weighted by molar-refractivity contribution is 5.96. The van der Waals surface area contributed by atoms with Crippen molar-refractivity contribution in [2.45, 2.75) is 104 Å². The van der Waals surface area contributed by atoms with Gasteiger partial charge < -0.3 is 23.7 Å². The standard InChI is InChI=1S/C28H38O10/c1-12-10-28-25(37-18(7)32)13(2)11-27(28,38-28)24(33)14(3)22(35-16(5)30)19-20(26(19,8)9)23(36-17(6)31)21(12)34-15(4)29/h10,13-14,19-23,25H,11H2,1-9H3. The van der Waals surface area contributed by atoms with E-state index in [1.807, 2.05) is 20.8 Å². The monoisotopic (exact) mass is 534 g/mol. The summed E-state index contributed by atoms with van der Waals surface area (Å²) in [4.78, 5) is 63.1. The summed E-state index contributed by atoms with van der Waals surface area (Å²) in [5.41, 5.74) is -2.61. The van der Waals surface area contributed by atoms with Crippen LogP contribution < -0.4 is 0 Å². The fourth-order valence-corrected chi connectivity index (χ4v) is 7.39. The van der Waals surface area contributed by atoms with Crippen molar-refractivity contribution in [2.24, 2.45) is 29.1 Å². The summed E-state index contributed by atoms with van der Waals surface area (Å²) in [5.74, 6) is -4.18. The van der Waals surface area contributed by atoms with E-state index in [1.165, 1.54) is 27.7 Å². The van der Waals surface area contributed by atoms with Crippen molar-refractivity contribution in [3.63, 3.8) is 0 Å². The molecule has 2 saturated carbocycles. The number of ketones is 1. The second-order valence-electron chi connectivity index (χ2n) is 12.0. The van der Waals surface area contributed by atoms with Gasteiger partial charge in [-0.1, -0.05) is 27.7 Å². The smallest absolute Gasteiger partial charge is 0.303 e. The lowest BCUT2D eigenvalue weighted by Gasteiger charge is -2.30. The van der Waals surface area contributed by atoms with E-state index in [4.69, 9.17) is 23.7 Å². The molecule has 0 bridgehead atoms. The molecule has 3 aliphatic carbocycles. The van der Waals surface area contributed by atoms with E-state index < -0.39 is 70.8 Å². The van der Waals surface area contributed by atoms with Gasteiger partial charge in [0, 0.05) is 39.5 Å². The summed E-state index contributed by atoms with van der Waals surface area (Å²) in [6.45, 7) is 14.3. The van der Waals surface area contributed by atoms with Gasteiger partial charge in [0.2, 0.25) is 0 Å². The average Bonchev–Trinajstić information content (AvgIpc) is 3.56. The molecule has 0 aromatic rings. The Bertz CT molecular complexity index is 1110. The van der Waals surface area contributed by atoms with Gasteiger partial charge in [-0.15, -0.1) is 0 Å². The van der Waals surface area contributed by atoms with E-state index in [1.54, 1.807) is 19.9 Å². The molecule has 10 nitrogen and oxygen atoms in total. The number of esters is 4. The molecule has 4 aliphatic rings. The Hall–Kier alpha value is -2.75. The third-order valence-electron chi connectivity index (χ3n) is 8.87. The second kappa shape index (κ2) is 9.17. The average molecular weight is 535 g/mol. The van der Waals surface area contributed by atoms with Crippen LogP contribution in [0, 0.1) is 29.1 Å². The van der Waals surface area contributed by atoms with Gasteiger partial charge in [-0.2, -0.15) is 0 Å². The number of Topliss-reactive ketones (excluding diaryl/α,β-unsaturated/α-hetero) is 1. The fraction of sp³-hybridized carbons (Fsp3) is 0.750. The quantitative estimate of drug-likeness (QED) is 0.229. The summed E-state index contributed by atoms with van der Waals surface area (Å²) in [6, 6.07) is 0. The van der Waals surface area contributed by atoms with Crippen LogP contribution in [0.25, 0.3) is 0 Å². The predicted octanol–water partition coefficient (Wildman–Crippen LogP) is 2.70. The minimum atomic E-state index is -1.30. The molecule has 1 saturated heterocycles. The molecule has 0 amide bonds. The molecule has 10 heteroatoms.